The maximum absolute atomic E-state index is 2.73. The van der Waals surface area contributed by atoms with E-state index in [4.69, 9.17) is 0 Å². The quantitative estimate of drug-likeness (QED) is 0.670. The standard InChI is InChI=1S/C14H27N/c1-11(2)13-14(8-6-5-7-9-14)10-15(13)12(3)4/h11-13H,5-10H2,1-4H3. The predicted octanol–water partition coefficient (Wildman–Crippen LogP) is 3.69. The number of likely N-dealkylation sites (tertiary alicyclic amines) is 1. The van der Waals surface area contributed by atoms with Crippen LogP contribution >= 0.6 is 0 Å². The lowest BCUT2D eigenvalue weighted by Crippen LogP contribution is -2.68. The molecule has 0 aromatic rings. The summed E-state index contributed by atoms with van der Waals surface area (Å²) in [5.41, 5.74) is 0.719. The normalized spacial score (nSPS) is 31.2. The van der Waals surface area contributed by atoms with Crippen LogP contribution in [0, 0.1) is 11.3 Å². The molecule has 1 atom stereocenters. The summed E-state index contributed by atoms with van der Waals surface area (Å²) in [6.45, 7) is 10.9. The van der Waals surface area contributed by atoms with Gasteiger partial charge in [0.1, 0.15) is 0 Å². The van der Waals surface area contributed by atoms with Crippen LogP contribution in [0.4, 0.5) is 0 Å². The number of rotatable bonds is 2. The van der Waals surface area contributed by atoms with Gasteiger partial charge in [-0.25, -0.2) is 0 Å². The molecule has 1 heteroatoms. The van der Waals surface area contributed by atoms with Crippen LogP contribution in [0.25, 0.3) is 0 Å². The SMILES string of the molecule is CC(C)C1N(C(C)C)CC12CCCCC2. The molecule has 2 aliphatic rings. The van der Waals surface area contributed by atoms with E-state index in [1.807, 2.05) is 0 Å². The fourth-order valence-corrected chi connectivity index (χ4v) is 4.10. The molecule has 0 N–H and O–H groups in total. The van der Waals surface area contributed by atoms with Gasteiger partial charge in [-0.05, 0) is 38.0 Å². The lowest BCUT2D eigenvalue weighted by molar-refractivity contribution is -0.134. The third-order valence-corrected chi connectivity index (χ3v) is 4.63. The maximum Gasteiger partial charge on any atom is 0.0190 e. The van der Waals surface area contributed by atoms with Crippen molar-refractivity contribution >= 4 is 0 Å². The van der Waals surface area contributed by atoms with Crippen molar-refractivity contribution in [1.29, 1.82) is 0 Å². The monoisotopic (exact) mass is 209 g/mol. The molecule has 1 nitrogen and oxygen atoms in total. The minimum Gasteiger partial charge on any atom is -0.297 e. The van der Waals surface area contributed by atoms with Crippen LogP contribution in [0.1, 0.15) is 59.8 Å². The molecule has 2 fully saturated rings. The first kappa shape index (κ1) is 11.4. The number of hydrogen-bond acceptors (Lipinski definition) is 1. The van der Waals surface area contributed by atoms with Gasteiger partial charge in [-0.1, -0.05) is 33.1 Å². The lowest BCUT2D eigenvalue weighted by atomic mass is 9.59. The highest BCUT2D eigenvalue weighted by Crippen LogP contribution is 2.52. The second-order valence-corrected chi connectivity index (χ2v) is 6.38. The molecule has 1 heterocycles. The minimum absolute atomic E-state index is 0.719. The van der Waals surface area contributed by atoms with Gasteiger partial charge >= 0.3 is 0 Å². The van der Waals surface area contributed by atoms with Crippen molar-refractivity contribution in [3.8, 4) is 0 Å². The van der Waals surface area contributed by atoms with Gasteiger partial charge in [0.05, 0.1) is 0 Å². The Morgan fingerprint density at radius 3 is 2.07 bits per heavy atom. The van der Waals surface area contributed by atoms with Gasteiger partial charge in [0.15, 0.2) is 0 Å². The molecule has 15 heavy (non-hydrogen) atoms. The van der Waals surface area contributed by atoms with Crippen molar-refractivity contribution in [1.82, 2.24) is 4.90 Å². The van der Waals surface area contributed by atoms with E-state index < -0.39 is 0 Å². The van der Waals surface area contributed by atoms with Gasteiger partial charge in [-0.3, -0.25) is 4.90 Å². The van der Waals surface area contributed by atoms with Crippen molar-refractivity contribution in [2.75, 3.05) is 6.54 Å². The van der Waals surface area contributed by atoms with Gasteiger partial charge in [-0.2, -0.15) is 0 Å². The zero-order valence-electron chi connectivity index (χ0n) is 10.9. The van der Waals surface area contributed by atoms with Crippen molar-refractivity contribution in [3.05, 3.63) is 0 Å². The fraction of sp³-hybridized carbons (Fsp3) is 1.00. The second-order valence-electron chi connectivity index (χ2n) is 6.38. The molecule has 0 bridgehead atoms. The molecule has 2 rings (SSSR count). The highest BCUT2D eigenvalue weighted by molar-refractivity contribution is 5.07. The molecule has 0 radical (unpaired) electrons. The Balaban J connectivity index is 2.08. The Hall–Kier alpha value is -0.0400. The summed E-state index contributed by atoms with van der Waals surface area (Å²) in [7, 11) is 0. The summed E-state index contributed by atoms with van der Waals surface area (Å²) in [6.07, 6.45) is 7.44. The van der Waals surface area contributed by atoms with Crippen LogP contribution in [0.15, 0.2) is 0 Å². The molecular formula is C14H27N. The molecular weight excluding hydrogens is 182 g/mol. The van der Waals surface area contributed by atoms with Gasteiger partial charge < -0.3 is 0 Å². The summed E-state index contributed by atoms with van der Waals surface area (Å²) in [4.78, 5) is 2.73. The van der Waals surface area contributed by atoms with Gasteiger partial charge in [0, 0.05) is 18.6 Å². The van der Waals surface area contributed by atoms with Gasteiger partial charge in [0.25, 0.3) is 0 Å². The first-order valence-electron chi connectivity index (χ1n) is 6.82. The largest absolute Gasteiger partial charge is 0.297 e. The van der Waals surface area contributed by atoms with Gasteiger partial charge in [0.2, 0.25) is 0 Å². The van der Waals surface area contributed by atoms with Crippen LogP contribution in [0.5, 0.6) is 0 Å². The third-order valence-electron chi connectivity index (χ3n) is 4.63. The van der Waals surface area contributed by atoms with E-state index in [1.54, 1.807) is 0 Å². The molecule has 1 aliphatic carbocycles. The Kier molecular flexibility index (Phi) is 3.12. The first-order valence-corrected chi connectivity index (χ1v) is 6.82. The smallest absolute Gasteiger partial charge is 0.0190 e. The summed E-state index contributed by atoms with van der Waals surface area (Å²) in [6, 6.07) is 1.61. The topological polar surface area (TPSA) is 3.24 Å². The highest BCUT2D eigenvalue weighted by atomic mass is 15.3. The molecule has 0 amide bonds. The maximum atomic E-state index is 2.73. The lowest BCUT2D eigenvalue weighted by Gasteiger charge is -2.63. The van der Waals surface area contributed by atoms with E-state index >= 15 is 0 Å². The zero-order chi connectivity index (χ0) is 11.1. The number of nitrogens with zero attached hydrogens (tertiary/aromatic N) is 1. The molecule has 0 aromatic carbocycles. The van der Waals surface area contributed by atoms with Crippen LogP contribution in [0.2, 0.25) is 0 Å². The van der Waals surface area contributed by atoms with E-state index in [9.17, 15) is 0 Å². The van der Waals surface area contributed by atoms with E-state index in [-0.39, 0.29) is 0 Å². The summed E-state index contributed by atoms with van der Waals surface area (Å²) in [5, 5.41) is 0. The van der Waals surface area contributed by atoms with Crippen LogP contribution in [0.3, 0.4) is 0 Å². The van der Waals surface area contributed by atoms with E-state index in [2.05, 4.69) is 32.6 Å². The van der Waals surface area contributed by atoms with Crippen molar-refractivity contribution in [2.45, 2.75) is 71.9 Å². The minimum atomic E-state index is 0.719. The van der Waals surface area contributed by atoms with Crippen LogP contribution in [-0.2, 0) is 0 Å². The van der Waals surface area contributed by atoms with Crippen molar-refractivity contribution in [3.63, 3.8) is 0 Å². The Labute approximate surface area is 95.2 Å². The Morgan fingerprint density at radius 1 is 1.00 bits per heavy atom. The predicted molar refractivity (Wildman–Crippen MR) is 66.0 cm³/mol. The van der Waals surface area contributed by atoms with Crippen LogP contribution in [-0.4, -0.2) is 23.5 Å². The molecule has 0 aromatic heterocycles. The van der Waals surface area contributed by atoms with E-state index in [1.165, 1.54) is 38.6 Å². The molecule has 1 aliphatic heterocycles. The molecule has 1 unspecified atom stereocenters. The average molecular weight is 209 g/mol. The summed E-state index contributed by atoms with van der Waals surface area (Å²) in [5.74, 6) is 0.833. The van der Waals surface area contributed by atoms with Crippen LogP contribution < -0.4 is 0 Å². The van der Waals surface area contributed by atoms with Crippen molar-refractivity contribution in [2.24, 2.45) is 11.3 Å². The highest BCUT2D eigenvalue weighted by Gasteiger charge is 2.53. The molecule has 1 spiro atoms. The van der Waals surface area contributed by atoms with Gasteiger partial charge in [-0.15, -0.1) is 0 Å². The van der Waals surface area contributed by atoms with Crippen molar-refractivity contribution < 1.29 is 0 Å². The Bertz CT molecular complexity index is 213. The average Bonchev–Trinajstić information content (AvgIpc) is 2.14. The zero-order valence-corrected chi connectivity index (χ0v) is 10.9. The molecule has 1 saturated carbocycles. The Morgan fingerprint density at radius 2 is 1.60 bits per heavy atom. The second kappa shape index (κ2) is 4.08. The number of hydrogen-bond donors (Lipinski definition) is 0. The third kappa shape index (κ3) is 1.84. The molecule has 1 saturated heterocycles. The van der Waals surface area contributed by atoms with E-state index in [0.29, 0.717) is 0 Å². The molecule has 88 valence electrons. The summed E-state index contributed by atoms with van der Waals surface area (Å²) < 4.78 is 0. The first-order chi connectivity index (χ1) is 7.07. The summed E-state index contributed by atoms with van der Waals surface area (Å²) >= 11 is 0. The van der Waals surface area contributed by atoms with E-state index in [0.717, 1.165) is 23.4 Å². The fourth-order valence-electron chi connectivity index (χ4n) is 4.10.